The average Bonchev–Trinajstić information content (AvgIpc) is 3.59. The molecule has 3 aliphatic rings. The fourth-order valence-corrected chi connectivity index (χ4v) is 10.9. The summed E-state index contributed by atoms with van der Waals surface area (Å²) in [5.74, 6) is 1.00. The first-order chi connectivity index (χ1) is 27.8. The molecule has 272 valence electrons. The first-order valence-electron chi connectivity index (χ1n) is 20.3. The van der Waals surface area contributed by atoms with Crippen LogP contribution in [0.3, 0.4) is 0 Å². The molecule has 0 saturated carbocycles. The molecule has 3 heteroatoms. The predicted octanol–water partition coefficient (Wildman–Crippen LogP) is 13.2. The zero-order valence-electron chi connectivity index (χ0n) is 32.6. The minimum atomic E-state index is -0.268. The van der Waals surface area contributed by atoms with Crippen LogP contribution in [0.2, 0.25) is 0 Å². The van der Waals surface area contributed by atoms with Crippen molar-refractivity contribution >= 4 is 21.8 Å². The number of aromatic nitrogens is 3. The van der Waals surface area contributed by atoms with Crippen molar-refractivity contribution in [3.05, 3.63) is 197 Å². The van der Waals surface area contributed by atoms with E-state index in [1.165, 1.54) is 77.6 Å². The van der Waals surface area contributed by atoms with Crippen LogP contribution < -0.4 is 0 Å². The number of nitrogens with zero attached hydrogens (tertiary/aromatic N) is 3. The Bertz CT molecular complexity index is 3090. The van der Waals surface area contributed by atoms with Crippen LogP contribution in [0, 0.1) is 0 Å². The normalized spacial score (nSPS) is 16.5. The van der Waals surface area contributed by atoms with E-state index in [0.29, 0.717) is 0 Å². The number of hydrogen-bond acceptors (Lipinski definition) is 2. The van der Waals surface area contributed by atoms with Crippen molar-refractivity contribution in [3.8, 4) is 50.7 Å². The molecular weight excluding hydrogens is 691 g/mol. The Hall–Kier alpha value is -6.58. The predicted molar refractivity (Wildman–Crippen MR) is 234 cm³/mol. The Balaban J connectivity index is 1.18. The van der Waals surface area contributed by atoms with Gasteiger partial charge in [-0.1, -0.05) is 161 Å². The summed E-state index contributed by atoms with van der Waals surface area (Å²) in [4.78, 5) is 10.4. The molecule has 0 amide bonds. The number of hydrogen-bond donors (Lipinski definition) is 0. The molecule has 3 nitrogen and oxygen atoms in total. The highest BCUT2D eigenvalue weighted by Gasteiger charge is 2.46. The molecule has 0 bridgehead atoms. The van der Waals surface area contributed by atoms with Crippen molar-refractivity contribution in [2.75, 3.05) is 0 Å². The van der Waals surface area contributed by atoms with E-state index in [1.807, 2.05) is 6.07 Å². The van der Waals surface area contributed by atoms with E-state index in [9.17, 15) is 0 Å². The van der Waals surface area contributed by atoms with Crippen molar-refractivity contribution in [1.29, 1.82) is 0 Å². The number of benzene rings is 7. The van der Waals surface area contributed by atoms with Crippen LogP contribution in [0.15, 0.2) is 158 Å². The Labute approximate surface area is 333 Å². The molecule has 9 aromatic rings. The minimum Gasteiger partial charge on any atom is -0.309 e. The van der Waals surface area contributed by atoms with Gasteiger partial charge in [0.2, 0.25) is 0 Å². The SMILES string of the molecule is CC1(C)c2ccccc2C2Cc3ccc(-c4cc(-c5ccccc5)nc(-c5ccccc5)n4)cc3-c3c2c1cc1c3C(C)(C)c2cccc3c4ccccc4n-1c23. The second-order valence-electron chi connectivity index (χ2n) is 17.3. The van der Waals surface area contributed by atoms with E-state index < -0.39 is 0 Å². The van der Waals surface area contributed by atoms with Crippen LogP contribution in [0.4, 0.5) is 0 Å². The molecule has 0 saturated heterocycles. The van der Waals surface area contributed by atoms with Gasteiger partial charge in [0.05, 0.1) is 28.1 Å². The summed E-state index contributed by atoms with van der Waals surface area (Å²) in [6.07, 6.45) is 0.962. The molecule has 7 aromatic carbocycles. The molecule has 57 heavy (non-hydrogen) atoms. The summed E-state index contributed by atoms with van der Waals surface area (Å²) in [5.41, 5.74) is 21.3. The average molecular weight is 732 g/mol. The van der Waals surface area contributed by atoms with Gasteiger partial charge in [-0.05, 0) is 80.8 Å². The molecule has 1 atom stereocenters. The van der Waals surface area contributed by atoms with Crippen LogP contribution in [0.5, 0.6) is 0 Å². The smallest absolute Gasteiger partial charge is 0.160 e. The molecule has 3 heterocycles. The van der Waals surface area contributed by atoms with Gasteiger partial charge in [0.25, 0.3) is 0 Å². The van der Waals surface area contributed by atoms with E-state index in [1.54, 1.807) is 0 Å². The lowest BCUT2D eigenvalue weighted by atomic mass is 9.58. The lowest BCUT2D eigenvalue weighted by Crippen LogP contribution is -2.36. The summed E-state index contributed by atoms with van der Waals surface area (Å²) in [6.45, 7) is 9.81. The van der Waals surface area contributed by atoms with E-state index >= 15 is 0 Å². The standard InChI is InChI=1S/C54H41N3/c1-53(2)41-23-13-11-20-36(41)40-28-34-26-27-35(45-31-44(32-16-7-5-8-17-32)55-52(56-45)33-18-9-6-10-19-33)29-39(34)49-48(40)43(53)30-47-50(49)54(3,4)42-24-15-22-38-37-21-12-14-25-46(37)57(47)51(38)42/h5-27,29-31,40H,28H2,1-4H3. The van der Waals surface area contributed by atoms with E-state index in [0.717, 1.165) is 40.3 Å². The summed E-state index contributed by atoms with van der Waals surface area (Å²) in [7, 11) is 0. The molecule has 0 radical (unpaired) electrons. The van der Waals surface area contributed by atoms with Gasteiger partial charge in [-0.15, -0.1) is 0 Å². The number of fused-ring (bicyclic) bond motifs is 10. The van der Waals surface area contributed by atoms with Gasteiger partial charge in [-0.2, -0.15) is 0 Å². The third-order valence-electron chi connectivity index (χ3n) is 13.5. The highest BCUT2D eigenvalue weighted by atomic mass is 15.0. The molecule has 1 aliphatic heterocycles. The third kappa shape index (κ3) is 4.43. The van der Waals surface area contributed by atoms with Gasteiger partial charge >= 0.3 is 0 Å². The molecule has 2 aromatic heterocycles. The maximum atomic E-state index is 5.30. The molecule has 2 aliphatic carbocycles. The molecular formula is C54H41N3. The Kier molecular flexibility index (Phi) is 6.58. The fraction of sp³-hybridized carbons (Fsp3) is 0.148. The summed E-state index contributed by atoms with van der Waals surface area (Å²) >= 11 is 0. The Morgan fingerprint density at radius 3 is 2.02 bits per heavy atom. The second-order valence-corrected chi connectivity index (χ2v) is 17.3. The van der Waals surface area contributed by atoms with Gasteiger partial charge in [0, 0.05) is 44.2 Å². The maximum Gasteiger partial charge on any atom is 0.160 e. The van der Waals surface area contributed by atoms with Gasteiger partial charge in [0.15, 0.2) is 5.82 Å². The van der Waals surface area contributed by atoms with Crippen molar-refractivity contribution in [3.63, 3.8) is 0 Å². The highest BCUT2D eigenvalue weighted by molar-refractivity contribution is 6.12. The Morgan fingerprint density at radius 1 is 0.544 bits per heavy atom. The topological polar surface area (TPSA) is 30.7 Å². The lowest BCUT2D eigenvalue weighted by molar-refractivity contribution is 0.568. The summed E-state index contributed by atoms with van der Waals surface area (Å²) in [5, 5.41) is 2.63. The fourth-order valence-electron chi connectivity index (χ4n) is 10.9. The maximum absolute atomic E-state index is 5.30. The van der Waals surface area contributed by atoms with E-state index in [-0.39, 0.29) is 16.7 Å². The van der Waals surface area contributed by atoms with Gasteiger partial charge < -0.3 is 4.57 Å². The monoisotopic (exact) mass is 731 g/mol. The van der Waals surface area contributed by atoms with Crippen molar-refractivity contribution in [2.24, 2.45) is 0 Å². The third-order valence-corrected chi connectivity index (χ3v) is 13.5. The Morgan fingerprint density at radius 2 is 1.21 bits per heavy atom. The van der Waals surface area contributed by atoms with E-state index in [2.05, 4.69) is 184 Å². The minimum absolute atomic E-state index is 0.188. The van der Waals surface area contributed by atoms with Crippen molar-refractivity contribution in [2.45, 2.75) is 50.9 Å². The lowest BCUT2D eigenvalue weighted by Gasteiger charge is -2.47. The van der Waals surface area contributed by atoms with Gasteiger partial charge in [0.1, 0.15) is 0 Å². The van der Waals surface area contributed by atoms with Crippen molar-refractivity contribution < 1.29 is 0 Å². The van der Waals surface area contributed by atoms with Crippen LogP contribution in [-0.2, 0) is 17.3 Å². The largest absolute Gasteiger partial charge is 0.309 e. The zero-order valence-corrected chi connectivity index (χ0v) is 32.6. The molecule has 12 rings (SSSR count). The molecule has 0 spiro atoms. The first-order valence-corrected chi connectivity index (χ1v) is 20.3. The second kappa shape index (κ2) is 11.5. The van der Waals surface area contributed by atoms with Gasteiger partial charge in [-0.25, -0.2) is 9.97 Å². The van der Waals surface area contributed by atoms with Crippen molar-refractivity contribution in [1.82, 2.24) is 14.5 Å². The number of para-hydroxylation sites is 2. The number of rotatable bonds is 3. The van der Waals surface area contributed by atoms with Crippen LogP contribution in [0.1, 0.15) is 72.6 Å². The van der Waals surface area contributed by atoms with Gasteiger partial charge in [-0.3, -0.25) is 0 Å². The summed E-state index contributed by atoms with van der Waals surface area (Å²) < 4.78 is 2.60. The van der Waals surface area contributed by atoms with Crippen LogP contribution in [-0.4, -0.2) is 14.5 Å². The molecule has 1 unspecified atom stereocenters. The molecule has 0 fully saturated rings. The van der Waals surface area contributed by atoms with Crippen LogP contribution in [0.25, 0.3) is 72.5 Å². The van der Waals surface area contributed by atoms with Crippen LogP contribution >= 0.6 is 0 Å². The zero-order chi connectivity index (χ0) is 38.2. The van der Waals surface area contributed by atoms with E-state index in [4.69, 9.17) is 9.97 Å². The first kappa shape index (κ1) is 32.6. The highest BCUT2D eigenvalue weighted by Crippen LogP contribution is 2.60. The summed E-state index contributed by atoms with van der Waals surface area (Å²) in [6, 6.07) is 58.0. The molecule has 0 N–H and O–H groups in total. The quantitative estimate of drug-likeness (QED) is 0.181.